The first-order chi connectivity index (χ1) is 10.7. The number of fused-ring (bicyclic) bond motifs is 1. The van der Waals surface area contributed by atoms with Gasteiger partial charge in [-0.1, -0.05) is 18.2 Å². The van der Waals surface area contributed by atoms with Crippen LogP contribution < -0.4 is 4.74 Å². The molecule has 0 bridgehead atoms. The molecule has 0 atom stereocenters. The van der Waals surface area contributed by atoms with Crippen molar-refractivity contribution in [2.24, 2.45) is 0 Å². The maximum atomic E-state index is 11.9. The summed E-state index contributed by atoms with van der Waals surface area (Å²) in [4.78, 5) is 16.2. The van der Waals surface area contributed by atoms with Gasteiger partial charge in [0, 0.05) is 12.3 Å². The van der Waals surface area contributed by atoms with Gasteiger partial charge in [-0.25, -0.2) is 9.78 Å². The maximum Gasteiger partial charge on any atom is 0.374 e. The third-order valence-corrected chi connectivity index (χ3v) is 3.80. The van der Waals surface area contributed by atoms with Crippen molar-refractivity contribution >= 4 is 34.1 Å². The Bertz CT molecular complexity index is 815. The van der Waals surface area contributed by atoms with Crippen LogP contribution in [0.3, 0.4) is 0 Å². The number of rotatable bonds is 4. The van der Waals surface area contributed by atoms with Gasteiger partial charge in [-0.2, -0.15) is 0 Å². The summed E-state index contributed by atoms with van der Waals surface area (Å²) in [5.41, 5.74) is 0.803. The van der Waals surface area contributed by atoms with E-state index < -0.39 is 5.97 Å². The minimum Gasteiger partial charge on any atom is -0.460 e. The zero-order valence-electron chi connectivity index (χ0n) is 11.8. The van der Waals surface area contributed by atoms with E-state index in [1.165, 1.54) is 0 Å². The van der Waals surface area contributed by atoms with Crippen LogP contribution in [0.5, 0.6) is 11.5 Å². The number of para-hydroxylation sites is 1. The number of carbonyl (C=O) groups excluding carboxylic acids is 1. The van der Waals surface area contributed by atoms with Crippen LogP contribution in [-0.4, -0.2) is 22.0 Å². The summed E-state index contributed by atoms with van der Waals surface area (Å²) < 4.78 is 13.2. The normalized spacial score (nSPS) is 10.6. The minimum atomic E-state index is -0.433. The molecule has 3 rings (SSSR count). The van der Waals surface area contributed by atoms with E-state index >= 15 is 0 Å². The van der Waals surface area contributed by atoms with Crippen molar-refractivity contribution in [3.8, 4) is 11.5 Å². The molecule has 112 valence electrons. The summed E-state index contributed by atoms with van der Waals surface area (Å²) in [6.45, 7) is 2.09. The molecule has 0 spiro atoms. The average Bonchev–Trinajstić information content (AvgIpc) is 2.86. The predicted molar refractivity (Wildman–Crippen MR) is 90.4 cm³/mol. The number of pyridine rings is 1. The van der Waals surface area contributed by atoms with Crippen molar-refractivity contribution in [3.63, 3.8) is 0 Å². The molecule has 0 radical (unpaired) electrons. The van der Waals surface area contributed by atoms with Gasteiger partial charge in [0.15, 0.2) is 0 Å². The highest BCUT2D eigenvalue weighted by atomic mass is 127. The van der Waals surface area contributed by atoms with Crippen LogP contribution in [0.15, 0.2) is 48.7 Å². The molecule has 0 saturated heterocycles. The van der Waals surface area contributed by atoms with Crippen molar-refractivity contribution in [1.29, 1.82) is 0 Å². The van der Waals surface area contributed by atoms with Gasteiger partial charge >= 0.3 is 5.97 Å². The second-order valence-electron chi connectivity index (χ2n) is 4.48. The van der Waals surface area contributed by atoms with Gasteiger partial charge in [0.25, 0.3) is 0 Å². The maximum absolute atomic E-state index is 11.9. The number of hydrogen-bond donors (Lipinski definition) is 0. The smallest absolute Gasteiger partial charge is 0.374 e. The highest BCUT2D eigenvalue weighted by molar-refractivity contribution is 14.1. The van der Waals surface area contributed by atoms with E-state index in [9.17, 15) is 4.79 Å². The van der Waals surface area contributed by atoms with E-state index in [4.69, 9.17) is 9.47 Å². The fourth-order valence-corrected chi connectivity index (χ4v) is 2.70. The lowest BCUT2D eigenvalue weighted by atomic mass is 10.3. The van der Waals surface area contributed by atoms with E-state index in [0.29, 0.717) is 12.4 Å². The molecule has 2 heterocycles. The Kier molecular flexibility index (Phi) is 4.28. The molecule has 5 nitrogen and oxygen atoms in total. The summed E-state index contributed by atoms with van der Waals surface area (Å²) in [5, 5.41) is 0. The number of benzene rings is 1. The Morgan fingerprint density at radius 1 is 1.23 bits per heavy atom. The lowest BCUT2D eigenvalue weighted by Crippen LogP contribution is -2.09. The SMILES string of the molecule is CCOC(=O)c1nc(I)c2cc(Oc3ccccc3)ccn12. The summed E-state index contributed by atoms with van der Waals surface area (Å²) >= 11 is 2.09. The third kappa shape index (κ3) is 2.92. The van der Waals surface area contributed by atoms with Crippen LogP contribution in [0.25, 0.3) is 5.52 Å². The number of imidazole rings is 1. The second-order valence-corrected chi connectivity index (χ2v) is 5.50. The van der Waals surface area contributed by atoms with Crippen molar-refractivity contribution < 1.29 is 14.3 Å². The Morgan fingerprint density at radius 3 is 2.73 bits per heavy atom. The summed E-state index contributed by atoms with van der Waals surface area (Å²) in [7, 11) is 0. The lowest BCUT2D eigenvalue weighted by Gasteiger charge is -2.06. The second kappa shape index (κ2) is 6.35. The molecule has 0 saturated carbocycles. The molecule has 0 aliphatic carbocycles. The molecule has 0 fully saturated rings. The zero-order valence-corrected chi connectivity index (χ0v) is 14.0. The molecular formula is C16H13IN2O3. The van der Waals surface area contributed by atoms with Gasteiger partial charge < -0.3 is 9.47 Å². The van der Waals surface area contributed by atoms with Crippen LogP contribution in [0, 0.1) is 3.70 Å². The Morgan fingerprint density at radius 2 is 2.00 bits per heavy atom. The molecule has 22 heavy (non-hydrogen) atoms. The standard InChI is InChI=1S/C16H13IN2O3/c1-2-21-16(20)15-18-14(17)13-10-12(8-9-19(13)15)22-11-6-4-3-5-7-11/h3-10H,2H2,1H3. The van der Waals surface area contributed by atoms with Gasteiger partial charge in [0.1, 0.15) is 15.2 Å². The van der Waals surface area contributed by atoms with Crippen LogP contribution in [-0.2, 0) is 4.74 Å². The number of aromatic nitrogens is 2. The van der Waals surface area contributed by atoms with E-state index in [2.05, 4.69) is 27.6 Å². The third-order valence-electron chi connectivity index (χ3n) is 3.01. The summed E-state index contributed by atoms with van der Waals surface area (Å²) in [6, 6.07) is 13.2. The highest BCUT2D eigenvalue weighted by Gasteiger charge is 2.17. The first-order valence-electron chi connectivity index (χ1n) is 6.76. The molecule has 0 N–H and O–H groups in total. The number of esters is 1. The van der Waals surface area contributed by atoms with Crippen LogP contribution in [0.2, 0.25) is 0 Å². The molecule has 0 amide bonds. The van der Waals surface area contributed by atoms with Crippen molar-refractivity contribution in [1.82, 2.24) is 9.38 Å². The quantitative estimate of drug-likeness (QED) is 0.486. The van der Waals surface area contributed by atoms with Gasteiger partial charge in [0.05, 0.1) is 12.1 Å². The average molecular weight is 408 g/mol. The first kappa shape index (κ1) is 14.8. The zero-order chi connectivity index (χ0) is 15.5. The number of ether oxygens (including phenoxy) is 2. The number of nitrogens with zero attached hydrogens (tertiary/aromatic N) is 2. The van der Waals surface area contributed by atoms with Gasteiger partial charge in [0.2, 0.25) is 5.82 Å². The number of carbonyl (C=O) groups is 1. The first-order valence-corrected chi connectivity index (χ1v) is 7.84. The van der Waals surface area contributed by atoms with Crippen molar-refractivity contribution in [3.05, 3.63) is 58.2 Å². The fourth-order valence-electron chi connectivity index (χ4n) is 2.06. The van der Waals surface area contributed by atoms with E-state index in [0.717, 1.165) is 15.0 Å². The Hall–Kier alpha value is -2.09. The van der Waals surface area contributed by atoms with Gasteiger partial charge in [-0.05, 0) is 47.7 Å². The number of hydrogen-bond acceptors (Lipinski definition) is 4. The molecule has 0 unspecified atom stereocenters. The Balaban J connectivity index is 1.97. The number of halogens is 1. The van der Waals surface area contributed by atoms with Crippen molar-refractivity contribution in [2.75, 3.05) is 6.61 Å². The predicted octanol–water partition coefficient (Wildman–Crippen LogP) is 3.91. The van der Waals surface area contributed by atoms with Crippen LogP contribution >= 0.6 is 22.6 Å². The molecule has 3 aromatic rings. The lowest BCUT2D eigenvalue weighted by molar-refractivity contribution is 0.0511. The van der Waals surface area contributed by atoms with E-state index in [1.54, 1.807) is 23.6 Å². The topological polar surface area (TPSA) is 52.8 Å². The van der Waals surface area contributed by atoms with Crippen LogP contribution in [0.4, 0.5) is 0 Å². The van der Waals surface area contributed by atoms with Crippen molar-refractivity contribution in [2.45, 2.75) is 6.92 Å². The minimum absolute atomic E-state index is 0.271. The van der Waals surface area contributed by atoms with E-state index in [1.807, 2.05) is 36.4 Å². The molecule has 1 aromatic carbocycles. The molecule has 6 heteroatoms. The summed E-state index contributed by atoms with van der Waals surface area (Å²) in [5.74, 6) is 1.28. The summed E-state index contributed by atoms with van der Waals surface area (Å²) in [6.07, 6.45) is 1.76. The Labute approximate surface area is 141 Å². The largest absolute Gasteiger partial charge is 0.460 e. The van der Waals surface area contributed by atoms with Gasteiger partial charge in [-0.15, -0.1) is 0 Å². The highest BCUT2D eigenvalue weighted by Crippen LogP contribution is 2.25. The molecule has 2 aromatic heterocycles. The fraction of sp³-hybridized carbons (Fsp3) is 0.125. The molecule has 0 aliphatic rings. The van der Waals surface area contributed by atoms with Gasteiger partial charge in [-0.3, -0.25) is 4.40 Å². The van der Waals surface area contributed by atoms with E-state index in [-0.39, 0.29) is 5.82 Å². The molecule has 0 aliphatic heterocycles. The monoisotopic (exact) mass is 408 g/mol. The molecular weight excluding hydrogens is 395 g/mol. The van der Waals surface area contributed by atoms with Crippen LogP contribution in [0.1, 0.15) is 17.5 Å².